The van der Waals surface area contributed by atoms with Gasteiger partial charge in [-0.05, 0) is 38.0 Å². The van der Waals surface area contributed by atoms with Crippen LogP contribution in [0.4, 0.5) is 0 Å². The summed E-state index contributed by atoms with van der Waals surface area (Å²) in [6.45, 7) is 5.79. The molecule has 4 nitrogen and oxygen atoms in total. The smallest absolute Gasteiger partial charge is 0.0626 e. The van der Waals surface area contributed by atoms with E-state index in [1.807, 2.05) is 13.8 Å². The average molecular weight is 262 g/mol. The SMILES string of the molecule is CC[C@@H](CO)C[C@](C)(O)C[C@@H](CC)[C@H](O)CCO. The molecular weight excluding hydrogens is 232 g/mol. The van der Waals surface area contributed by atoms with E-state index in [1.54, 1.807) is 6.92 Å². The van der Waals surface area contributed by atoms with E-state index in [1.165, 1.54) is 0 Å². The fraction of sp³-hybridized carbons (Fsp3) is 1.00. The standard InChI is InChI=1S/C14H30O4/c1-4-11(10-16)8-14(3,18)9-12(5-2)13(17)6-7-15/h11-13,15-18H,4-10H2,1-3H3/t11-,12-,13-,14+/m1/s1. The second-order valence-electron chi connectivity index (χ2n) is 5.61. The van der Waals surface area contributed by atoms with E-state index in [9.17, 15) is 15.3 Å². The maximum atomic E-state index is 10.4. The summed E-state index contributed by atoms with van der Waals surface area (Å²) >= 11 is 0. The molecule has 18 heavy (non-hydrogen) atoms. The predicted molar refractivity (Wildman–Crippen MR) is 72.2 cm³/mol. The highest BCUT2D eigenvalue weighted by molar-refractivity contribution is 4.82. The zero-order valence-electron chi connectivity index (χ0n) is 12.0. The van der Waals surface area contributed by atoms with E-state index in [-0.39, 0.29) is 25.0 Å². The van der Waals surface area contributed by atoms with Gasteiger partial charge in [0, 0.05) is 13.2 Å². The maximum absolute atomic E-state index is 10.4. The minimum Gasteiger partial charge on any atom is -0.396 e. The van der Waals surface area contributed by atoms with Crippen LogP contribution < -0.4 is 0 Å². The van der Waals surface area contributed by atoms with Crippen LogP contribution in [0.2, 0.25) is 0 Å². The van der Waals surface area contributed by atoms with Gasteiger partial charge in [-0.3, -0.25) is 0 Å². The lowest BCUT2D eigenvalue weighted by Crippen LogP contribution is -2.35. The molecule has 0 aromatic rings. The minimum atomic E-state index is -0.874. The average Bonchev–Trinajstić information content (AvgIpc) is 2.33. The monoisotopic (exact) mass is 262 g/mol. The van der Waals surface area contributed by atoms with Crippen molar-refractivity contribution in [3.8, 4) is 0 Å². The molecule has 0 aromatic heterocycles. The largest absolute Gasteiger partial charge is 0.396 e. The molecule has 0 aromatic carbocycles. The Bertz CT molecular complexity index is 202. The molecule has 0 bridgehead atoms. The molecule has 0 heterocycles. The molecule has 0 aliphatic carbocycles. The molecule has 0 amide bonds. The maximum Gasteiger partial charge on any atom is 0.0626 e. The van der Waals surface area contributed by atoms with Gasteiger partial charge in [-0.15, -0.1) is 0 Å². The first-order valence-corrected chi connectivity index (χ1v) is 7.02. The highest BCUT2D eigenvalue weighted by atomic mass is 16.3. The molecule has 0 aliphatic rings. The van der Waals surface area contributed by atoms with Gasteiger partial charge in [-0.2, -0.15) is 0 Å². The van der Waals surface area contributed by atoms with Crippen LogP contribution in [0.1, 0.15) is 52.9 Å². The lowest BCUT2D eigenvalue weighted by molar-refractivity contribution is -0.0267. The van der Waals surface area contributed by atoms with E-state index in [0.717, 1.165) is 12.8 Å². The van der Waals surface area contributed by atoms with E-state index in [0.29, 0.717) is 19.3 Å². The summed E-state index contributed by atoms with van der Waals surface area (Å²) in [5, 5.41) is 38.3. The highest BCUT2D eigenvalue weighted by Crippen LogP contribution is 2.29. The molecule has 0 saturated carbocycles. The molecule has 0 rings (SSSR count). The Morgan fingerprint density at radius 3 is 2.06 bits per heavy atom. The van der Waals surface area contributed by atoms with E-state index in [4.69, 9.17) is 5.11 Å². The summed E-state index contributed by atoms with van der Waals surface area (Å²) in [5.41, 5.74) is -0.874. The lowest BCUT2D eigenvalue weighted by atomic mass is 9.80. The Morgan fingerprint density at radius 2 is 1.67 bits per heavy atom. The molecule has 4 heteroatoms. The van der Waals surface area contributed by atoms with Crippen LogP contribution in [-0.4, -0.2) is 45.3 Å². The van der Waals surface area contributed by atoms with Crippen LogP contribution in [0.3, 0.4) is 0 Å². The van der Waals surface area contributed by atoms with Crippen molar-refractivity contribution in [3.63, 3.8) is 0 Å². The van der Waals surface area contributed by atoms with Crippen molar-refractivity contribution in [2.75, 3.05) is 13.2 Å². The number of hydrogen-bond acceptors (Lipinski definition) is 4. The molecule has 110 valence electrons. The third kappa shape index (κ3) is 6.69. The first-order chi connectivity index (χ1) is 8.40. The summed E-state index contributed by atoms with van der Waals surface area (Å²) in [5.74, 6) is 0.0934. The molecule has 0 aliphatic heterocycles. The first-order valence-electron chi connectivity index (χ1n) is 7.02. The van der Waals surface area contributed by atoms with Crippen LogP contribution in [0.5, 0.6) is 0 Å². The van der Waals surface area contributed by atoms with Gasteiger partial charge in [0.05, 0.1) is 11.7 Å². The Morgan fingerprint density at radius 1 is 1.06 bits per heavy atom. The second-order valence-corrected chi connectivity index (χ2v) is 5.61. The molecular formula is C14H30O4. The Hall–Kier alpha value is -0.160. The second kappa shape index (κ2) is 8.86. The van der Waals surface area contributed by atoms with Gasteiger partial charge in [0.1, 0.15) is 0 Å². The van der Waals surface area contributed by atoms with Crippen LogP contribution in [0, 0.1) is 11.8 Å². The normalized spacial score (nSPS) is 20.2. The van der Waals surface area contributed by atoms with Crippen molar-refractivity contribution in [3.05, 3.63) is 0 Å². The molecule has 4 atom stereocenters. The van der Waals surface area contributed by atoms with Crippen LogP contribution in [0.25, 0.3) is 0 Å². The molecule has 0 unspecified atom stereocenters. The van der Waals surface area contributed by atoms with Crippen molar-refractivity contribution in [1.29, 1.82) is 0 Å². The fourth-order valence-corrected chi connectivity index (χ4v) is 2.53. The topological polar surface area (TPSA) is 80.9 Å². The number of aliphatic hydroxyl groups excluding tert-OH is 3. The summed E-state index contributed by atoms with van der Waals surface area (Å²) in [4.78, 5) is 0. The van der Waals surface area contributed by atoms with Crippen molar-refractivity contribution < 1.29 is 20.4 Å². The Balaban J connectivity index is 4.41. The summed E-state index contributed by atoms with van der Waals surface area (Å²) in [6.07, 6.45) is 2.44. The predicted octanol–water partition coefficient (Wildman–Crippen LogP) is 1.31. The molecule has 0 saturated heterocycles. The third-order valence-corrected chi connectivity index (χ3v) is 3.76. The van der Waals surface area contributed by atoms with Gasteiger partial charge < -0.3 is 20.4 Å². The first kappa shape index (κ1) is 17.8. The molecule has 0 radical (unpaired) electrons. The van der Waals surface area contributed by atoms with Gasteiger partial charge in [0.15, 0.2) is 0 Å². The van der Waals surface area contributed by atoms with Crippen LogP contribution in [-0.2, 0) is 0 Å². The van der Waals surface area contributed by atoms with Gasteiger partial charge in [0.25, 0.3) is 0 Å². The van der Waals surface area contributed by atoms with Gasteiger partial charge >= 0.3 is 0 Å². The van der Waals surface area contributed by atoms with Crippen LogP contribution in [0.15, 0.2) is 0 Å². The van der Waals surface area contributed by atoms with E-state index >= 15 is 0 Å². The molecule has 0 fully saturated rings. The fourth-order valence-electron chi connectivity index (χ4n) is 2.53. The quantitative estimate of drug-likeness (QED) is 0.478. The molecule has 0 spiro atoms. The van der Waals surface area contributed by atoms with Crippen LogP contribution >= 0.6 is 0 Å². The number of hydrogen-bond donors (Lipinski definition) is 4. The Kier molecular flexibility index (Phi) is 8.78. The van der Waals surface area contributed by atoms with E-state index < -0.39 is 11.7 Å². The van der Waals surface area contributed by atoms with Crippen molar-refractivity contribution in [2.24, 2.45) is 11.8 Å². The van der Waals surface area contributed by atoms with Crippen molar-refractivity contribution in [2.45, 2.75) is 64.6 Å². The van der Waals surface area contributed by atoms with Crippen molar-refractivity contribution in [1.82, 2.24) is 0 Å². The minimum absolute atomic E-state index is 0.0108. The van der Waals surface area contributed by atoms with E-state index in [2.05, 4.69) is 0 Å². The Labute approximate surface area is 111 Å². The summed E-state index contributed by atoms with van der Waals surface area (Å²) in [6, 6.07) is 0. The number of rotatable bonds is 10. The summed E-state index contributed by atoms with van der Waals surface area (Å²) < 4.78 is 0. The zero-order chi connectivity index (χ0) is 14.2. The zero-order valence-corrected chi connectivity index (χ0v) is 12.0. The van der Waals surface area contributed by atoms with Gasteiger partial charge in [-0.25, -0.2) is 0 Å². The third-order valence-electron chi connectivity index (χ3n) is 3.76. The molecule has 4 N–H and O–H groups in total. The lowest BCUT2D eigenvalue weighted by Gasteiger charge is -2.32. The van der Waals surface area contributed by atoms with Gasteiger partial charge in [-0.1, -0.05) is 26.7 Å². The highest BCUT2D eigenvalue weighted by Gasteiger charge is 2.30. The van der Waals surface area contributed by atoms with Crippen molar-refractivity contribution >= 4 is 0 Å². The summed E-state index contributed by atoms with van der Waals surface area (Å²) in [7, 11) is 0. The van der Waals surface area contributed by atoms with Gasteiger partial charge in [0.2, 0.25) is 0 Å². The number of aliphatic hydroxyl groups is 4.